The van der Waals surface area contributed by atoms with E-state index >= 15 is 0 Å². The molecule has 3 rings (SSSR count). The van der Waals surface area contributed by atoms with E-state index < -0.39 is 12.2 Å². The molecule has 2 atom stereocenters. The molecular formula is C19H17IO2S. The van der Waals surface area contributed by atoms with Gasteiger partial charge in [0.2, 0.25) is 0 Å². The molecule has 2 nitrogen and oxygen atoms in total. The van der Waals surface area contributed by atoms with Crippen molar-refractivity contribution in [3.05, 3.63) is 90.7 Å². The van der Waals surface area contributed by atoms with E-state index in [9.17, 15) is 10.2 Å². The van der Waals surface area contributed by atoms with Crippen molar-refractivity contribution < 1.29 is 10.2 Å². The SMILES string of the molecule is Cc1ccc(C(O)c2ccc(C(O)c3ccc(I)cc3)s2)cc1. The Morgan fingerprint density at radius 3 is 1.65 bits per heavy atom. The van der Waals surface area contributed by atoms with Crippen LogP contribution in [0.5, 0.6) is 0 Å². The summed E-state index contributed by atoms with van der Waals surface area (Å²) in [6.07, 6.45) is -1.31. The van der Waals surface area contributed by atoms with Crippen LogP contribution in [0.4, 0.5) is 0 Å². The van der Waals surface area contributed by atoms with E-state index in [0.29, 0.717) is 0 Å². The third-order valence-electron chi connectivity index (χ3n) is 3.77. The van der Waals surface area contributed by atoms with E-state index in [1.165, 1.54) is 16.9 Å². The lowest BCUT2D eigenvalue weighted by atomic mass is 10.1. The molecule has 2 N–H and O–H groups in total. The first-order valence-electron chi connectivity index (χ1n) is 7.32. The number of aryl methyl sites for hydroxylation is 1. The quantitative estimate of drug-likeness (QED) is 0.576. The summed E-state index contributed by atoms with van der Waals surface area (Å²) in [7, 11) is 0. The lowest BCUT2D eigenvalue weighted by Gasteiger charge is -2.11. The van der Waals surface area contributed by atoms with E-state index in [0.717, 1.165) is 24.5 Å². The maximum absolute atomic E-state index is 10.5. The van der Waals surface area contributed by atoms with E-state index in [2.05, 4.69) is 22.6 Å². The lowest BCUT2D eigenvalue weighted by Crippen LogP contribution is -1.97. The van der Waals surface area contributed by atoms with Gasteiger partial charge in [0.25, 0.3) is 0 Å². The molecular weight excluding hydrogens is 419 g/mol. The van der Waals surface area contributed by atoms with Gasteiger partial charge in [0, 0.05) is 13.3 Å². The van der Waals surface area contributed by atoms with Gasteiger partial charge < -0.3 is 10.2 Å². The fourth-order valence-electron chi connectivity index (χ4n) is 2.38. The molecule has 0 amide bonds. The number of hydrogen-bond acceptors (Lipinski definition) is 3. The van der Waals surface area contributed by atoms with Crippen LogP contribution in [0.1, 0.15) is 38.7 Å². The molecule has 0 saturated heterocycles. The average molecular weight is 436 g/mol. The number of benzene rings is 2. The number of aliphatic hydroxyl groups is 2. The largest absolute Gasteiger partial charge is 0.383 e. The van der Waals surface area contributed by atoms with E-state index in [1.54, 1.807) is 0 Å². The van der Waals surface area contributed by atoms with Crippen molar-refractivity contribution >= 4 is 33.9 Å². The van der Waals surface area contributed by atoms with Crippen LogP contribution in [0, 0.1) is 10.5 Å². The molecule has 0 fully saturated rings. The predicted octanol–water partition coefficient (Wildman–Crippen LogP) is 4.82. The zero-order valence-corrected chi connectivity index (χ0v) is 15.6. The minimum Gasteiger partial charge on any atom is -0.383 e. The molecule has 23 heavy (non-hydrogen) atoms. The molecule has 1 aromatic heterocycles. The Bertz CT molecular complexity index is 712. The fourth-order valence-corrected chi connectivity index (χ4v) is 3.78. The van der Waals surface area contributed by atoms with Gasteiger partial charge in [-0.3, -0.25) is 0 Å². The molecule has 2 unspecified atom stereocenters. The third-order valence-corrected chi connectivity index (χ3v) is 5.67. The van der Waals surface area contributed by atoms with Crippen LogP contribution in [0.3, 0.4) is 0 Å². The highest BCUT2D eigenvalue weighted by atomic mass is 127. The third kappa shape index (κ3) is 3.83. The monoisotopic (exact) mass is 436 g/mol. The van der Waals surface area contributed by atoms with Gasteiger partial charge in [-0.1, -0.05) is 42.0 Å². The normalized spacial score (nSPS) is 13.7. The van der Waals surface area contributed by atoms with Crippen LogP contribution in [-0.4, -0.2) is 10.2 Å². The van der Waals surface area contributed by atoms with Crippen LogP contribution in [0.15, 0.2) is 60.7 Å². The first kappa shape index (κ1) is 16.6. The second-order valence-electron chi connectivity index (χ2n) is 5.51. The standard InChI is InChI=1S/C19H17IO2S/c1-12-2-4-13(5-3-12)18(21)16-10-11-17(23-16)19(22)14-6-8-15(20)9-7-14/h2-11,18-19,21-22H,1H3. The summed E-state index contributed by atoms with van der Waals surface area (Å²) in [4.78, 5) is 1.68. The highest BCUT2D eigenvalue weighted by Crippen LogP contribution is 2.34. The van der Waals surface area contributed by atoms with Gasteiger partial charge in [-0.2, -0.15) is 0 Å². The maximum Gasteiger partial charge on any atom is 0.113 e. The van der Waals surface area contributed by atoms with Gasteiger partial charge in [0.15, 0.2) is 0 Å². The Labute approximate surface area is 153 Å². The van der Waals surface area contributed by atoms with Crippen molar-refractivity contribution in [2.45, 2.75) is 19.1 Å². The Morgan fingerprint density at radius 1 is 0.739 bits per heavy atom. The van der Waals surface area contributed by atoms with E-state index in [-0.39, 0.29) is 0 Å². The highest BCUT2D eigenvalue weighted by molar-refractivity contribution is 14.1. The number of rotatable bonds is 4. The van der Waals surface area contributed by atoms with Gasteiger partial charge in [0.1, 0.15) is 12.2 Å². The Morgan fingerprint density at radius 2 is 1.17 bits per heavy atom. The van der Waals surface area contributed by atoms with Gasteiger partial charge in [-0.25, -0.2) is 0 Å². The number of halogens is 1. The molecule has 0 aliphatic rings. The molecule has 1 heterocycles. The molecule has 0 aliphatic heterocycles. The Kier molecular flexibility index (Phi) is 5.16. The molecule has 0 radical (unpaired) electrons. The minimum absolute atomic E-state index is 0.654. The average Bonchev–Trinajstić information content (AvgIpc) is 3.05. The first-order chi connectivity index (χ1) is 11.0. The summed E-state index contributed by atoms with van der Waals surface area (Å²) in [5, 5.41) is 21.0. The zero-order valence-electron chi connectivity index (χ0n) is 12.6. The van der Waals surface area contributed by atoms with Crippen LogP contribution < -0.4 is 0 Å². The topological polar surface area (TPSA) is 40.5 Å². The van der Waals surface area contributed by atoms with E-state index in [4.69, 9.17) is 0 Å². The van der Waals surface area contributed by atoms with Gasteiger partial charge in [-0.15, -0.1) is 11.3 Å². The Balaban J connectivity index is 1.82. The summed E-state index contributed by atoms with van der Waals surface area (Å²) < 4.78 is 1.14. The Hall–Kier alpha value is -1.21. The van der Waals surface area contributed by atoms with Crippen LogP contribution in [0.2, 0.25) is 0 Å². The van der Waals surface area contributed by atoms with Crippen LogP contribution in [0.25, 0.3) is 0 Å². The molecule has 2 aromatic carbocycles. The van der Waals surface area contributed by atoms with Crippen LogP contribution >= 0.6 is 33.9 Å². The van der Waals surface area contributed by atoms with E-state index in [1.807, 2.05) is 67.6 Å². The smallest absolute Gasteiger partial charge is 0.113 e. The molecule has 0 saturated carbocycles. The van der Waals surface area contributed by atoms with Crippen molar-refractivity contribution in [1.29, 1.82) is 0 Å². The number of hydrogen-bond donors (Lipinski definition) is 2. The van der Waals surface area contributed by atoms with Crippen molar-refractivity contribution in [2.75, 3.05) is 0 Å². The van der Waals surface area contributed by atoms with Crippen molar-refractivity contribution in [3.8, 4) is 0 Å². The molecule has 0 aliphatic carbocycles. The summed E-state index contributed by atoms with van der Waals surface area (Å²) >= 11 is 3.69. The van der Waals surface area contributed by atoms with Crippen molar-refractivity contribution in [3.63, 3.8) is 0 Å². The van der Waals surface area contributed by atoms with Crippen LogP contribution in [-0.2, 0) is 0 Å². The maximum atomic E-state index is 10.5. The molecule has 0 bridgehead atoms. The minimum atomic E-state index is -0.657. The predicted molar refractivity (Wildman–Crippen MR) is 103 cm³/mol. The molecule has 118 valence electrons. The van der Waals surface area contributed by atoms with Gasteiger partial charge in [0.05, 0.1) is 0 Å². The summed E-state index contributed by atoms with van der Waals surface area (Å²) in [5.74, 6) is 0. The lowest BCUT2D eigenvalue weighted by molar-refractivity contribution is 0.223. The highest BCUT2D eigenvalue weighted by Gasteiger charge is 2.17. The van der Waals surface area contributed by atoms with Gasteiger partial charge in [-0.05, 0) is 64.9 Å². The fraction of sp³-hybridized carbons (Fsp3) is 0.158. The second-order valence-corrected chi connectivity index (χ2v) is 7.90. The summed E-state index contributed by atoms with van der Waals surface area (Å²) in [6.45, 7) is 2.02. The molecule has 4 heteroatoms. The second kappa shape index (κ2) is 7.13. The molecule has 3 aromatic rings. The van der Waals surface area contributed by atoms with Crippen molar-refractivity contribution in [2.24, 2.45) is 0 Å². The summed E-state index contributed by atoms with van der Waals surface area (Å²) in [5.41, 5.74) is 2.90. The zero-order chi connectivity index (χ0) is 16.4. The molecule has 0 spiro atoms. The van der Waals surface area contributed by atoms with Gasteiger partial charge >= 0.3 is 0 Å². The number of aliphatic hydroxyl groups excluding tert-OH is 2. The first-order valence-corrected chi connectivity index (χ1v) is 9.22. The van der Waals surface area contributed by atoms with Crippen molar-refractivity contribution in [1.82, 2.24) is 0 Å². The summed E-state index contributed by atoms with van der Waals surface area (Å²) in [6, 6.07) is 19.5. The number of thiophene rings is 1.